The predicted molar refractivity (Wildman–Crippen MR) is 76.7 cm³/mol. The first-order valence-electron chi connectivity index (χ1n) is 6.22. The highest BCUT2D eigenvalue weighted by molar-refractivity contribution is 7.89. The Kier molecular flexibility index (Phi) is 3.87. The van der Waals surface area contributed by atoms with E-state index < -0.39 is 10.0 Å². The van der Waals surface area contributed by atoms with E-state index >= 15 is 0 Å². The van der Waals surface area contributed by atoms with Crippen LogP contribution in [0.25, 0.3) is 0 Å². The molecule has 0 aliphatic carbocycles. The Balaban J connectivity index is 2.24. The Morgan fingerprint density at radius 1 is 1.20 bits per heavy atom. The third-order valence-corrected chi connectivity index (χ3v) is 4.31. The summed E-state index contributed by atoms with van der Waals surface area (Å²) < 4.78 is 22.8. The highest BCUT2D eigenvalue weighted by Gasteiger charge is 2.21. The standard InChI is InChI=1S/C12H18N4O3S/c1-9(17)15-4-6-16(7-5-15)12-8-10(20(14,18)19)2-3-11(12)13/h2-3,8H,4-7,13H2,1H3,(H2,14,18,19). The fourth-order valence-electron chi connectivity index (χ4n) is 2.24. The number of anilines is 2. The van der Waals surface area contributed by atoms with Gasteiger partial charge in [-0.3, -0.25) is 4.79 Å². The predicted octanol–water partition coefficient (Wildman–Crippen LogP) is -0.415. The van der Waals surface area contributed by atoms with Gasteiger partial charge in [0, 0.05) is 33.1 Å². The lowest BCUT2D eigenvalue weighted by molar-refractivity contribution is -0.129. The maximum atomic E-state index is 11.4. The molecule has 1 aliphatic rings. The molecule has 110 valence electrons. The molecular weight excluding hydrogens is 280 g/mol. The lowest BCUT2D eigenvalue weighted by atomic mass is 10.2. The van der Waals surface area contributed by atoms with Crippen LogP contribution in [0.2, 0.25) is 0 Å². The highest BCUT2D eigenvalue weighted by atomic mass is 32.2. The number of hydrogen-bond donors (Lipinski definition) is 2. The van der Waals surface area contributed by atoms with Crippen LogP contribution in [0.1, 0.15) is 6.92 Å². The van der Waals surface area contributed by atoms with E-state index in [4.69, 9.17) is 10.9 Å². The van der Waals surface area contributed by atoms with Crippen LogP contribution in [0, 0.1) is 0 Å². The Labute approximate surface area is 118 Å². The van der Waals surface area contributed by atoms with Crippen molar-refractivity contribution in [1.82, 2.24) is 4.90 Å². The van der Waals surface area contributed by atoms with Crippen LogP contribution < -0.4 is 15.8 Å². The molecule has 4 N–H and O–H groups in total. The largest absolute Gasteiger partial charge is 0.397 e. The minimum Gasteiger partial charge on any atom is -0.397 e. The number of hydrogen-bond acceptors (Lipinski definition) is 5. The second kappa shape index (κ2) is 5.29. The summed E-state index contributed by atoms with van der Waals surface area (Å²) in [5.74, 6) is 0.0379. The number of carbonyl (C=O) groups is 1. The van der Waals surface area contributed by atoms with Gasteiger partial charge in [-0.25, -0.2) is 13.6 Å². The third-order valence-electron chi connectivity index (χ3n) is 3.40. The van der Waals surface area contributed by atoms with Crippen molar-refractivity contribution in [2.24, 2.45) is 5.14 Å². The summed E-state index contributed by atoms with van der Waals surface area (Å²) in [6.07, 6.45) is 0. The molecule has 20 heavy (non-hydrogen) atoms. The Morgan fingerprint density at radius 2 is 1.80 bits per heavy atom. The summed E-state index contributed by atoms with van der Waals surface area (Å²) in [5.41, 5.74) is 7.03. The van der Waals surface area contributed by atoms with Crippen LogP contribution in [-0.2, 0) is 14.8 Å². The molecule has 1 aromatic carbocycles. The van der Waals surface area contributed by atoms with Gasteiger partial charge >= 0.3 is 0 Å². The SMILES string of the molecule is CC(=O)N1CCN(c2cc(S(N)(=O)=O)ccc2N)CC1. The summed E-state index contributed by atoms with van der Waals surface area (Å²) in [6.45, 7) is 3.93. The first-order chi connectivity index (χ1) is 9.29. The van der Waals surface area contributed by atoms with E-state index in [1.807, 2.05) is 4.90 Å². The number of primary sulfonamides is 1. The van der Waals surface area contributed by atoms with E-state index in [1.54, 1.807) is 4.90 Å². The highest BCUT2D eigenvalue weighted by Crippen LogP contribution is 2.27. The van der Waals surface area contributed by atoms with Gasteiger partial charge in [0.05, 0.1) is 16.3 Å². The minimum absolute atomic E-state index is 0.0377. The molecule has 0 aromatic heterocycles. The van der Waals surface area contributed by atoms with E-state index in [2.05, 4.69) is 0 Å². The number of sulfonamides is 1. The van der Waals surface area contributed by atoms with E-state index in [9.17, 15) is 13.2 Å². The number of rotatable bonds is 2. The molecule has 0 radical (unpaired) electrons. The summed E-state index contributed by atoms with van der Waals surface area (Å²) in [7, 11) is -3.75. The van der Waals surface area contributed by atoms with Crippen molar-refractivity contribution >= 4 is 27.3 Å². The monoisotopic (exact) mass is 298 g/mol. The van der Waals surface area contributed by atoms with Crippen LogP contribution in [-0.4, -0.2) is 45.4 Å². The molecule has 7 nitrogen and oxygen atoms in total. The molecule has 2 rings (SSSR count). The van der Waals surface area contributed by atoms with Crippen molar-refractivity contribution < 1.29 is 13.2 Å². The second-order valence-electron chi connectivity index (χ2n) is 4.76. The molecule has 0 bridgehead atoms. The lowest BCUT2D eigenvalue weighted by Crippen LogP contribution is -2.48. The van der Waals surface area contributed by atoms with Gasteiger partial charge in [0.15, 0.2) is 0 Å². The van der Waals surface area contributed by atoms with Gasteiger partial charge in [-0.05, 0) is 18.2 Å². The number of nitrogen functional groups attached to an aromatic ring is 1. The second-order valence-corrected chi connectivity index (χ2v) is 6.32. The maximum Gasteiger partial charge on any atom is 0.238 e. The number of benzene rings is 1. The van der Waals surface area contributed by atoms with Crippen LogP contribution >= 0.6 is 0 Å². The zero-order valence-corrected chi connectivity index (χ0v) is 12.1. The number of nitrogens with zero attached hydrogens (tertiary/aromatic N) is 2. The summed E-state index contributed by atoms with van der Waals surface area (Å²) >= 11 is 0. The maximum absolute atomic E-state index is 11.4. The van der Waals surface area contributed by atoms with Crippen molar-refractivity contribution in [2.75, 3.05) is 36.8 Å². The Bertz CT molecular complexity index is 622. The van der Waals surface area contributed by atoms with Crippen molar-refractivity contribution in [3.8, 4) is 0 Å². The zero-order chi connectivity index (χ0) is 14.9. The summed E-state index contributed by atoms with van der Waals surface area (Å²) in [5, 5.41) is 5.13. The van der Waals surface area contributed by atoms with Crippen molar-refractivity contribution in [1.29, 1.82) is 0 Å². The molecule has 1 aromatic rings. The molecule has 1 fully saturated rings. The van der Waals surface area contributed by atoms with Gasteiger partial charge in [0.25, 0.3) is 0 Å². The van der Waals surface area contributed by atoms with E-state index in [1.165, 1.54) is 25.1 Å². The van der Waals surface area contributed by atoms with Crippen molar-refractivity contribution in [2.45, 2.75) is 11.8 Å². The first kappa shape index (κ1) is 14.6. The van der Waals surface area contributed by atoms with Crippen molar-refractivity contribution in [3.05, 3.63) is 18.2 Å². The zero-order valence-electron chi connectivity index (χ0n) is 11.2. The quantitative estimate of drug-likeness (QED) is 0.721. The molecule has 1 saturated heterocycles. The first-order valence-corrected chi connectivity index (χ1v) is 7.76. The van der Waals surface area contributed by atoms with E-state index in [-0.39, 0.29) is 10.8 Å². The van der Waals surface area contributed by atoms with Crippen molar-refractivity contribution in [3.63, 3.8) is 0 Å². The van der Waals surface area contributed by atoms with Gasteiger partial charge in [-0.2, -0.15) is 0 Å². The summed E-state index contributed by atoms with van der Waals surface area (Å²) in [6, 6.07) is 4.40. The average molecular weight is 298 g/mol. The minimum atomic E-state index is -3.75. The van der Waals surface area contributed by atoms with Crippen LogP contribution in [0.4, 0.5) is 11.4 Å². The molecule has 1 aliphatic heterocycles. The number of piperazine rings is 1. The van der Waals surface area contributed by atoms with Gasteiger partial charge in [0.1, 0.15) is 0 Å². The van der Waals surface area contributed by atoms with E-state index in [0.29, 0.717) is 37.6 Å². The molecule has 1 heterocycles. The molecule has 1 amide bonds. The number of amides is 1. The Morgan fingerprint density at radius 3 is 2.30 bits per heavy atom. The van der Waals surface area contributed by atoms with Crippen LogP contribution in [0.3, 0.4) is 0 Å². The van der Waals surface area contributed by atoms with Gasteiger partial charge in [-0.15, -0.1) is 0 Å². The fourth-order valence-corrected chi connectivity index (χ4v) is 2.77. The van der Waals surface area contributed by atoms with Crippen LogP contribution in [0.15, 0.2) is 23.1 Å². The molecule has 0 unspecified atom stereocenters. The molecule has 0 saturated carbocycles. The smallest absolute Gasteiger partial charge is 0.238 e. The fraction of sp³-hybridized carbons (Fsp3) is 0.417. The molecular formula is C12H18N4O3S. The number of carbonyl (C=O) groups excluding carboxylic acids is 1. The van der Waals surface area contributed by atoms with Gasteiger partial charge in [-0.1, -0.05) is 0 Å². The lowest BCUT2D eigenvalue weighted by Gasteiger charge is -2.36. The molecule has 0 atom stereocenters. The average Bonchev–Trinajstić information content (AvgIpc) is 2.38. The topological polar surface area (TPSA) is 110 Å². The van der Waals surface area contributed by atoms with Crippen LogP contribution in [0.5, 0.6) is 0 Å². The Hall–Kier alpha value is -1.80. The normalized spacial score (nSPS) is 16.3. The van der Waals surface area contributed by atoms with Gasteiger partial charge in [0.2, 0.25) is 15.9 Å². The van der Waals surface area contributed by atoms with E-state index in [0.717, 1.165) is 0 Å². The number of nitrogens with two attached hydrogens (primary N) is 2. The molecule has 0 spiro atoms. The molecule has 8 heteroatoms. The third kappa shape index (κ3) is 3.02. The van der Waals surface area contributed by atoms with Gasteiger partial charge < -0.3 is 15.5 Å². The summed E-state index contributed by atoms with van der Waals surface area (Å²) in [4.78, 5) is 15.0.